The molecule has 390 valence electrons. The van der Waals surface area contributed by atoms with Gasteiger partial charge in [0, 0.05) is 6.42 Å². The van der Waals surface area contributed by atoms with Crippen LogP contribution in [0.1, 0.15) is 271 Å². The number of carbonyl (C=O) groups is 1. The number of allylic oxidation sites excluding steroid dienone is 5. The number of nitrogens with one attached hydrogen (secondary N) is 1. The van der Waals surface area contributed by atoms with Gasteiger partial charge >= 0.3 is 0 Å². The number of quaternary nitrogens is 1. The van der Waals surface area contributed by atoms with Crippen molar-refractivity contribution < 1.29 is 32.9 Å². The highest BCUT2D eigenvalue weighted by molar-refractivity contribution is 7.45. The predicted octanol–water partition coefficient (Wildman–Crippen LogP) is 16.4. The Bertz CT molecular complexity index is 1170. The molecule has 3 atom stereocenters. The Labute approximate surface area is 410 Å². The molecule has 66 heavy (non-hydrogen) atoms. The van der Waals surface area contributed by atoms with Gasteiger partial charge in [-0.15, -0.1) is 0 Å². The molecule has 0 aromatic rings. The van der Waals surface area contributed by atoms with E-state index in [1.165, 1.54) is 205 Å². The summed E-state index contributed by atoms with van der Waals surface area (Å²) in [5, 5.41) is 13.9. The number of aliphatic hydroxyl groups is 1. The van der Waals surface area contributed by atoms with E-state index in [4.69, 9.17) is 9.05 Å². The number of amides is 1. The lowest BCUT2D eigenvalue weighted by Gasteiger charge is -2.29. The molecule has 0 aliphatic rings. The van der Waals surface area contributed by atoms with Crippen molar-refractivity contribution in [3.8, 4) is 0 Å². The van der Waals surface area contributed by atoms with E-state index < -0.39 is 20.0 Å². The van der Waals surface area contributed by atoms with E-state index in [1.54, 1.807) is 6.08 Å². The monoisotopic (exact) mass is 951 g/mol. The number of phosphoric acid groups is 1. The summed E-state index contributed by atoms with van der Waals surface area (Å²) in [6.07, 6.45) is 62.2. The zero-order valence-electron chi connectivity index (χ0n) is 44.4. The molecular formula is C57H111N2O6P. The molecule has 9 heteroatoms. The van der Waals surface area contributed by atoms with E-state index >= 15 is 0 Å². The van der Waals surface area contributed by atoms with Crippen LogP contribution in [0, 0.1) is 0 Å². The zero-order chi connectivity index (χ0) is 48.5. The van der Waals surface area contributed by atoms with Gasteiger partial charge in [0.15, 0.2) is 0 Å². The summed E-state index contributed by atoms with van der Waals surface area (Å²) < 4.78 is 23.3. The molecule has 0 radical (unpaired) electrons. The Hall–Kier alpha value is -1.28. The van der Waals surface area contributed by atoms with Crippen LogP contribution in [0.3, 0.4) is 0 Å². The molecule has 0 heterocycles. The van der Waals surface area contributed by atoms with Gasteiger partial charge in [-0.2, -0.15) is 0 Å². The Morgan fingerprint density at radius 2 is 0.879 bits per heavy atom. The second-order valence-corrected chi connectivity index (χ2v) is 22.1. The number of aliphatic hydroxyl groups excluding tert-OH is 1. The summed E-state index contributed by atoms with van der Waals surface area (Å²) in [6.45, 7) is 4.66. The second kappa shape index (κ2) is 48.7. The van der Waals surface area contributed by atoms with Crippen LogP contribution < -0.4 is 10.2 Å². The maximum absolute atomic E-state index is 12.9. The van der Waals surface area contributed by atoms with Gasteiger partial charge in [-0.3, -0.25) is 9.36 Å². The van der Waals surface area contributed by atoms with Crippen LogP contribution in [0.15, 0.2) is 36.5 Å². The molecule has 0 spiro atoms. The minimum Gasteiger partial charge on any atom is -0.756 e. The van der Waals surface area contributed by atoms with Gasteiger partial charge in [0.05, 0.1) is 39.9 Å². The Morgan fingerprint density at radius 3 is 1.26 bits per heavy atom. The standard InChI is InChI=1S/C57H111N2O6P/c1-6-8-10-12-14-16-18-20-22-23-24-25-26-27-28-29-30-31-32-33-34-35-37-39-41-43-45-47-49-51-57(61)58-55(54-65-66(62,63)64-53-52-59(3,4)5)56(60)50-48-46-44-42-40-38-36-21-19-17-15-13-11-9-7-2/h18,20,23-24,48,50,55-56,60H,6-17,19,21-22,25-47,49,51-54H2,1-5H3,(H-,58,61,62,63)/b20-18-,24-23-,50-48+. The first-order chi connectivity index (χ1) is 32.0. The molecule has 0 fully saturated rings. The first kappa shape index (κ1) is 64.7. The van der Waals surface area contributed by atoms with Crippen LogP contribution in [0.25, 0.3) is 0 Å². The second-order valence-electron chi connectivity index (χ2n) is 20.6. The third-order valence-electron chi connectivity index (χ3n) is 12.8. The van der Waals surface area contributed by atoms with Crippen LogP contribution in [0.4, 0.5) is 0 Å². The molecule has 0 aromatic heterocycles. The van der Waals surface area contributed by atoms with E-state index in [1.807, 2.05) is 27.2 Å². The van der Waals surface area contributed by atoms with E-state index in [2.05, 4.69) is 43.5 Å². The van der Waals surface area contributed by atoms with Gasteiger partial charge in [-0.05, 0) is 51.4 Å². The van der Waals surface area contributed by atoms with E-state index in [0.29, 0.717) is 17.4 Å². The first-order valence-corrected chi connectivity index (χ1v) is 29.8. The van der Waals surface area contributed by atoms with Crippen molar-refractivity contribution in [3.63, 3.8) is 0 Å². The van der Waals surface area contributed by atoms with Gasteiger partial charge in [-0.25, -0.2) is 0 Å². The molecule has 2 N–H and O–H groups in total. The van der Waals surface area contributed by atoms with Crippen molar-refractivity contribution in [2.45, 2.75) is 283 Å². The number of likely N-dealkylation sites (N-methyl/N-ethyl adjacent to an activating group) is 1. The van der Waals surface area contributed by atoms with Crippen molar-refractivity contribution in [3.05, 3.63) is 36.5 Å². The van der Waals surface area contributed by atoms with Crippen LogP contribution in [0.2, 0.25) is 0 Å². The SMILES string of the molecule is CCCCCCC/C=C\C/C=C\CCCCCCCCCCCCCCCCCCCC(=O)NC(COP(=O)([O-])OCC[N+](C)(C)C)C(O)/C=C/CCCCCCCCCCCCCCC. The van der Waals surface area contributed by atoms with E-state index in [9.17, 15) is 19.4 Å². The fraction of sp³-hybridized carbons (Fsp3) is 0.877. The van der Waals surface area contributed by atoms with Crippen molar-refractivity contribution in [1.29, 1.82) is 0 Å². The third kappa shape index (κ3) is 50.6. The molecule has 0 rings (SSSR count). The van der Waals surface area contributed by atoms with E-state index in [-0.39, 0.29) is 19.1 Å². The molecular weight excluding hydrogens is 840 g/mol. The van der Waals surface area contributed by atoms with Crippen molar-refractivity contribution in [2.24, 2.45) is 0 Å². The number of carbonyl (C=O) groups excluding carboxylic acids is 1. The summed E-state index contributed by atoms with van der Waals surface area (Å²) in [5.74, 6) is -0.194. The third-order valence-corrected chi connectivity index (χ3v) is 13.8. The smallest absolute Gasteiger partial charge is 0.268 e. The predicted molar refractivity (Wildman–Crippen MR) is 284 cm³/mol. The number of unbranched alkanes of at least 4 members (excludes halogenated alkanes) is 35. The lowest BCUT2D eigenvalue weighted by molar-refractivity contribution is -0.870. The molecule has 0 aromatic carbocycles. The first-order valence-electron chi connectivity index (χ1n) is 28.4. The average Bonchev–Trinajstić information content (AvgIpc) is 3.28. The quantitative estimate of drug-likeness (QED) is 0.0272. The molecule has 0 aliphatic carbocycles. The molecule has 1 amide bonds. The van der Waals surface area contributed by atoms with Crippen molar-refractivity contribution >= 4 is 13.7 Å². The summed E-state index contributed by atoms with van der Waals surface area (Å²) in [5.41, 5.74) is 0. The van der Waals surface area contributed by atoms with Crippen LogP contribution in [-0.4, -0.2) is 68.5 Å². The fourth-order valence-electron chi connectivity index (χ4n) is 8.36. The van der Waals surface area contributed by atoms with Crippen molar-refractivity contribution in [1.82, 2.24) is 5.32 Å². The highest BCUT2D eigenvalue weighted by atomic mass is 31.2. The van der Waals surface area contributed by atoms with Gasteiger partial charge in [0.25, 0.3) is 7.82 Å². The number of rotatable bonds is 52. The lowest BCUT2D eigenvalue weighted by atomic mass is 10.0. The maximum atomic E-state index is 12.9. The fourth-order valence-corrected chi connectivity index (χ4v) is 9.08. The summed E-state index contributed by atoms with van der Waals surface area (Å²) in [4.78, 5) is 25.5. The minimum atomic E-state index is -4.59. The van der Waals surface area contributed by atoms with Crippen molar-refractivity contribution in [2.75, 3.05) is 40.9 Å². The van der Waals surface area contributed by atoms with Gasteiger partial charge in [0.1, 0.15) is 13.2 Å². The number of phosphoric ester groups is 1. The Kier molecular flexibility index (Phi) is 47.8. The normalized spacial score (nSPS) is 14.2. The topological polar surface area (TPSA) is 108 Å². The molecule has 0 bridgehead atoms. The Morgan fingerprint density at radius 1 is 0.530 bits per heavy atom. The molecule has 8 nitrogen and oxygen atoms in total. The van der Waals surface area contributed by atoms with Gasteiger partial charge in [0.2, 0.25) is 5.91 Å². The number of nitrogens with zero attached hydrogens (tertiary/aromatic N) is 1. The number of hydrogen-bond donors (Lipinski definition) is 2. The van der Waals surface area contributed by atoms with E-state index in [0.717, 1.165) is 44.9 Å². The number of hydrogen-bond acceptors (Lipinski definition) is 6. The largest absolute Gasteiger partial charge is 0.756 e. The Balaban J connectivity index is 4.11. The highest BCUT2D eigenvalue weighted by Crippen LogP contribution is 2.38. The summed E-state index contributed by atoms with van der Waals surface area (Å²) >= 11 is 0. The average molecular weight is 951 g/mol. The summed E-state index contributed by atoms with van der Waals surface area (Å²) in [6, 6.07) is -0.884. The molecule has 0 saturated carbocycles. The maximum Gasteiger partial charge on any atom is 0.268 e. The van der Waals surface area contributed by atoms with Gasteiger partial charge < -0.3 is 28.8 Å². The molecule has 3 unspecified atom stereocenters. The molecule has 0 aliphatic heterocycles. The van der Waals surface area contributed by atoms with Crippen LogP contribution >= 0.6 is 7.82 Å². The van der Waals surface area contributed by atoms with Gasteiger partial charge in [-0.1, -0.05) is 249 Å². The lowest BCUT2D eigenvalue weighted by Crippen LogP contribution is -2.45. The molecule has 0 saturated heterocycles. The van der Waals surface area contributed by atoms with Crippen LogP contribution in [-0.2, 0) is 18.4 Å². The highest BCUT2D eigenvalue weighted by Gasteiger charge is 2.23. The minimum absolute atomic E-state index is 0.000292. The summed E-state index contributed by atoms with van der Waals surface area (Å²) in [7, 11) is 1.27. The zero-order valence-corrected chi connectivity index (χ0v) is 45.3. The van der Waals surface area contributed by atoms with Crippen LogP contribution in [0.5, 0.6) is 0 Å².